The fourth-order valence-corrected chi connectivity index (χ4v) is 2.28. The molecule has 0 spiro atoms. The highest BCUT2D eigenvalue weighted by molar-refractivity contribution is 6.34. The number of nitrogens with one attached hydrogen (secondary N) is 2. The van der Waals surface area contributed by atoms with E-state index in [9.17, 15) is 19.7 Å². The number of amides is 2. The number of nitrogens with zero attached hydrogens (tertiary/aromatic N) is 1. The monoisotopic (exact) mass is 363 g/mol. The van der Waals surface area contributed by atoms with Crippen LogP contribution in [0.3, 0.4) is 0 Å². The average Bonchev–Trinajstić information content (AvgIpc) is 2.54. The molecule has 0 saturated carbocycles. The quantitative estimate of drug-likeness (QED) is 0.624. The zero-order valence-electron chi connectivity index (χ0n) is 13.3. The molecule has 130 valence electrons. The Kier molecular flexibility index (Phi) is 5.56. The predicted octanol–water partition coefficient (Wildman–Crippen LogP) is 3.47. The number of ether oxygens (including phenoxy) is 1. The number of rotatable bonds is 5. The van der Waals surface area contributed by atoms with Crippen LogP contribution < -0.4 is 15.4 Å². The predicted molar refractivity (Wildman–Crippen MR) is 93.4 cm³/mol. The van der Waals surface area contributed by atoms with E-state index >= 15 is 0 Å². The lowest BCUT2D eigenvalue weighted by Crippen LogP contribution is -2.14. The Labute approximate surface area is 147 Å². The smallest absolute Gasteiger partial charge is 0.270 e. The van der Waals surface area contributed by atoms with Gasteiger partial charge in [0.05, 0.1) is 28.3 Å². The van der Waals surface area contributed by atoms with Crippen molar-refractivity contribution in [2.24, 2.45) is 0 Å². The van der Waals surface area contributed by atoms with Gasteiger partial charge in [0, 0.05) is 24.7 Å². The molecule has 0 aliphatic rings. The van der Waals surface area contributed by atoms with Crippen molar-refractivity contribution in [1.29, 1.82) is 0 Å². The fraction of sp³-hybridized carbons (Fsp3) is 0.125. The largest absolute Gasteiger partial charge is 0.495 e. The summed E-state index contributed by atoms with van der Waals surface area (Å²) in [5, 5.41) is 16.1. The van der Waals surface area contributed by atoms with Gasteiger partial charge in [-0.3, -0.25) is 19.7 Å². The number of benzene rings is 2. The number of carbonyl (C=O) groups excluding carboxylic acids is 2. The lowest BCUT2D eigenvalue weighted by atomic mass is 10.1. The van der Waals surface area contributed by atoms with Crippen molar-refractivity contribution >= 4 is 40.5 Å². The molecule has 0 bridgehead atoms. The first-order valence-electron chi connectivity index (χ1n) is 7.02. The molecule has 0 saturated heterocycles. The first kappa shape index (κ1) is 18.2. The van der Waals surface area contributed by atoms with Gasteiger partial charge in [0.1, 0.15) is 5.75 Å². The van der Waals surface area contributed by atoms with Crippen molar-refractivity contribution in [3.05, 3.63) is 57.1 Å². The van der Waals surface area contributed by atoms with E-state index in [1.807, 2.05) is 0 Å². The summed E-state index contributed by atoms with van der Waals surface area (Å²) in [6, 6.07) is 8.22. The number of nitro benzene ring substituents is 1. The number of nitro groups is 1. The molecule has 9 heteroatoms. The minimum Gasteiger partial charge on any atom is -0.495 e. The molecule has 2 aromatic carbocycles. The molecule has 0 aliphatic heterocycles. The van der Waals surface area contributed by atoms with E-state index in [1.54, 1.807) is 12.1 Å². The van der Waals surface area contributed by atoms with Crippen LogP contribution in [0.15, 0.2) is 36.4 Å². The standard InChI is InChI=1S/C16H14ClN3O5/c1-9(21)18-14-7-10(3-6-15(14)25-2)19-16(22)12-8-11(20(23)24)4-5-13(12)17/h3-8H,1-2H3,(H,18,21)(H,19,22). The number of halogens is 1. The second kappa shape index (κ2) is 7.63. The number of methoxy groups -OCH3 is 1. The summed E-state index contributed by atoms with van der Waals surface area (Å²) >= 11 is 5.95. The van der Waals surface area contributed by atoms with Crippen LogP contribution in [-0.2, 0) is 4.79 Å². The molecule has 0 aromatic heterocycles. The average molecular weight is 364 g/mol. The SMILES string of the molecule is COc1ccc(NC(=O)c2cc([N+](=O)[O-])ccc2Cl)cc1NC(C)=O. The summed E-state index contributed by atoms with van der Waals surface area (Å²) in [6.07, 6.45) is 0. The Morgan fingerprint density at radius 2 is 1.88 bits per heavy atom. The second-order valence-corrected chi connectivity index (χ2v) is 5.38. The first-order valence-corrected chi connectivity index (χ1v) is 7.40. The lowest BCUT2D eigenvalue weighted by molar-refractivity contribution is -0.384. The zero-order valence-corrected chi connectivity index (χ0v) is 14.1. The summed E-state index contributed by atoms with van der Waals surface area (Å²) in [4.78, 5) is 33.8. The van der Waals surface area contributed by atoms with Crippen LogP contribution in [-0.4, -0.2) is 23.8 Å². The number of hydrogen-bond acceptors (Lipinski definition) is 5. The van der Waals surface area contributed by atoms with Crippen molar-refractivity contribution in [2.75, 3.05) is 17.7 Å². The van der Waals surface area contributed by atoms with Crippen LogP contribution in [0.1, 0.15) is 17.3 Å². The highest BCUT2D eigenvalue weighted by Crippen LogP contribution is 2.29. The van der Waals surface area contributed by atoms with Gasteiger partial charge in [-0.25, -0.2) is 0 Å². The fourth-order valence-electron chi connectivity index (χ4n) is 2.07. The van der Waals surface area contributed by atoms with Crippen LogP contribution in [0.5, 0.6) is 5.75 Å². The minimum absolute atomic E-state index is 0.0345. The third-order valence-corrected chi connectivity index (χ3v) is 3.50. The van der Waals surface area contributed by atoms with Crippen LogP contribution in [0, 0.1) is 10.1 Å². The summed E-state index contributed by atoms with van der Waals surface area (Å²) in [7, 11) is 1.45. The highest BCUT2D eigenvalue weighted by Gasteiger charge is 2.16. The summed E-state index contributed by atoms with van der Waals surface area (Å²) in [5.41, 5.74) is 0.450. The maximum absolute atomic E-state index is 12.4. The first-order chi connectivity index (χ1) is 11.8. The van der Waals surface area contributed by atoms with E-state index in [0.717, 1.165) is 6.07 Å². The maximum atomic E-state index is 12.4. The molecule has 0 atom stereocenters. The van der Waals surface area contributed by atoms with E-state index < -0.39 is 10.8 Å². The Bertz CT molecular complexity index is 854. The van der Waals surface area contributed by atoms with Gasteiger partial charge in [-0.15, -0.1) is 0 Å². The number of carbonyl (C=O) groups is 2. The van der Waals surface area contributed by atoms with Crippen molar-refractivity contribution < 1.29 is 19.2 Å². The molecular weight excluding hydrogens is 350 g/mol. The third-order valence-electron chi connectivity index (χ3n) is 3.17. The molecule has 0 fully saturated rings. The Morgan fingerprint density at radius 3 is 2.48 bits per heavy atom. The molecule has 0 radical (unpaired) electrons. The molecule has 2 N–H and O–H groups in total. The van der Waals surface area contributed by atoms with E-state index in [4.69, 9.17) is 16.3 Å². The van der Waals surface area contributed by atoms with Crippen molar-refractivity contribution in [1.82, 2.24) is 0 Å². The van der Waals surface area contributed by atoms with Crippen molar-refractivity contribution in [3.8, 4) is 5.75 Å². The van der Waals surface area contributed by atoms with Crippen molar-refractivity contribution in [3.63, 3.8) is 0 Å². The second-order valence-electron chi connectivity index (χ2n) is 4.97. The molecule has 0 unspecified atom stereocenters. The van der Waals surface area contributed by atoms with Gasteiger partial charge in [-0.2, -0.15) is 0 Å². The molecular formula is C16H14ClN3O5. The minimum atomic E-state index is -0.618. The van der Waals surface area contributed by atoms with E-state index in [0.29, 0.717) is 17.1 Å². The topological polar surface area (TPSA) is 111 Å². The van der Waals surface area contributed by atoms with Gasteiger partial charge in [0.25, 0.3) is 11.6 Å². The van der Waals surface area contributed by atoms with E-state index in [-0.39, 0.29) is 22.2 Å². The number of anilines is 2. The zero-order chi connectivity index (χ0) is 18.6. The van der Waals surface area contributed by atoms with Crippen LogP contribution in [0.25, 0.3) is 0 Å². The van der Waals surface area contributed by atoms with Crippen LogP contribution in [0.4, 0.5) is 17.1 Å². The molecule has 8 nitrogen and oxygen atoms in total. The number of hydrogen-bond donors (Lipinski definition) is 2. The Hall–Kier alpha value is -3.13. The summed E-state index contributed by atoms with van der Waals surface area (Å²) in [6.45, 7) is 1.34. The van der Waals surface area contributed by atoms with Gasteiger partial charge in [-0.05, 0) is 24.3 Å². The molecule has 25 heavy (non-hydrogen) atoms. The van der Waals surface area contributed by atoms with E-state index in [1.165, 1.54) is 32.2 Å². The summed E-state index contributed by atoms with van der Waals surface area (Å²) in [5.74, 6) is -0.502. The van der Waals surface area contributed by atoms with Gasteiger partial charge in [0.15, 0.2) is 0 Å². The van der Waals surface area contributed by atoms with Gasteiger partial charge in [-0.1, -0.05) is 11.6 Å². The molecule has 2 amide bonds. The van der Waals surface area contributed by atoms with Crippen molar-refractivity contribution in [2.45, 2.75) is 6.92 Å². The number of non-ortho nitro benzene ring substituents is 1. The Morgan fingerprint density at radius 1 is 1.16 bits per heavy atom. The highest BCUT2D eigenvalue weighted by atomic mass is 35.5. The molecule has 2 rings (SSSR count). The summed E-state index contributed by atoms with van der Waals surface area (Å²) < 4.78 is 5.13. The maximum Gasteiger partial charge on any atom is 0.270 e. The Balaban J connectivity index is 2.30. The molecule has 2 aromatic rings. The third kappa shape index (κ3) is 4.45. The van der Waals surface area contributed by atoms with Crippen LogP contribution >= 0.6 is 11.6 Å². The normalized spacial score (nSPS) is 10.0. The van der Waals surface area contributed by atoms with Gasteiger partial charge >= 0.3 is 0 Å². The molecule has 0 heterocycles. The van der Waals surface area contributed by atoms with Gasteiger partial charge < -0.3 is 15.4 Å². The lowest BCUT2D eigenvalue weighted by Gasteiger charge is -2.12. The molecule has 0 aliphatic carbocycles. The van der Waals surface area contributed by atoms with Crippen LogP contribution in [0.2, 0.25) is 5.02 Å². The van der Waals surface area contributed by atoms with Gasteiger partial charge in [0.2, 0.25) is 5.91 Å². The van der Waals surface area contributed by atoms with E-state index in [2.05, 4.69) is 10.6 Å².